The molecule has 0 N–H and O–H groups in total. The Morgan fingerprint density at radius 2 is 2.10 bits per heavy atom. The molecule has 2 fully saturated rings. The smallest absolute Gasteiger partial charge is 0.252 e. The van der Waals surface area contributed by atoms with Gasteiger partial charge in [-0.2, -0.15) is 4.31 Å². The van der Waals surface area contributed by atoms with Crippen LogP contribution in [0.2, 0.25) is 0 Å². The number of sulfonamides is 1. The predicted octanol–water partition coefficient (Wildman–Crippen LogP) is 1.77. The van der Waals surface area contributed by atoms with Crippen LogP contribution in [0.5, 0.6) is 0 Å². The van der Waals surface area contributed by atoms with E-state index in [-0.39, 0.29) is 11.3 Å². The molecule has 5 nitrogen and oxygen atoms in total. The van der Waals surface area contributed by atoms with Gasteiger partial charge in [0, 0.05) is 38.5 Å². The summed E-state index contributed by atoms with van der Waals surface area (Å²) < 4.78 is 27.2. The van der Waals surface area contributed by atoms with Gasteiger partial charge >= 0.3 is 0 Å². The Hall–Kier alpha value is -0.920. The first-order chi connectivity index (χ1) is 9.93. The predicted molar refractivity (Wildman–Crippen MR) is 81.6 cm³/mol. The number of carbonyl (C=O) groups is 1. The van der Waals surface area contributed by atoms with Crippen LogP contribution < -0.4 is 0 Å². The summed E-state index contributed by atoms with van der Waals surface area (Å²) in [7, 11) is -3.36. The molecule has 0 unspecified atom stereocenters. The number of nitrogens with zero attached hydrogens (tertiary/aromatic N) is 2. The molecule has 2 aliphatic heterocycles. The van der Waals surface area contributed by atoms with Gasteiger partial charge in [0.25, 0.3) is 10.0 Å². The Kier molecular flexibility index (Phi) is 3.83. The second-order valence-electron chi connectivity index (χ2n) is 6.06. The van der Waals surface area contributed by atoms with E-state index in [4.69, 9.17) is 0 Å². The van der Waals surface area contributed by atoms with Crippen molar-refractivity contribution in [2.75, 3.05) is 26.2 Å². The van der Waals surface area contributed by atoms with Gasteiger partial charge in [0.2, 0.25) is 5.91 Å². The number of amides is 1. The number of hydrogen-bond donors (Lipinski definition) is 0. The monoisotopic (exact) mass is 328 g/mol. The van der Waals surface area contributed by atoms with Crippen molar-refractivity contribution in [2.24, 2.45) is 5.41 Å². The molecule has 0 aromatic carbocycles. The van der Waals surface area contributed by atoms with Crippen molar-refractivity contribution < 1.29 is 13.2 Å². The minimum absolute atomic E-state index is 0.0474. The van der Waals surface area contributed by atoms with Crippen LogP contribution >= 0.6 is 11.3 Å². The molecule has 2 aliphatic rings. The molecule has 116 valence electrons. The van der Waals surface area contributed by atoms with Crippen molar-refractivity contribution in [1.29, 1.82) is 0 Å². The van der Waals surface area contributed by atoms with E-state index in [0.717, 1.165) is 25.8 Å². The highest BCUT2D eigenvalue weighted by molar-refractivity contribution is 7.91. The summed E-state index contributed by atoms with van der Waals surface area (Å²) in [5.41, 5.74) is -0.0474. The standard InChI is InChI=1S/C14H20N2O3S2/c1-12(17)15-7-3-5-14(10-15)6-8-16(11-14)21(18,19)13-4-2-9-20-13/h2,4,9H,3,5-8,10-11H2,1H3/t14-/m0/s1. The number of rotatable bonds is 2. The lowest BCUT2D eigenvalue weighted by Crippen LogP contribution is -2.47. The van der Waals surface area contributed by atoms with Crippen LogP contribution in [0.1, 0.15) is 26.2 Å². The Balaban J connectivity index is 1.77. The lowest BCUT2D eigenvalue weighted by atomic mass is 9.79. The van der Waals surface area contributed by atoms with Gasteiger partial charge < -0.3 is 4.90 Å². The zero-order valence-electron chi connectivity index (χ0n) is 12.1. The first-order valence-electron chi connectivity index (χ1n) is 7.22. The molecule has 0 bridgehead atoms. The average Bonchev–Trinajstić information content (AvgIpc) is 3.09. The topological polar surface area (TPSA) is 57.7 Å². The fourth-order valence-corrected chi connectivity index (χ4v) is 6.14. The summed E-state index contributed by atoms with van der Waals surface area (Å²) in [4.78, 5) is 13.5. The molecule has 0 saturated carbocycles. The van der Waals surface area contributed by atoms with Crippen molar-refractivity contribution in [1.82, 2.24) is 9.21 Å². The highest BCUT2D eigenvalue weighted by Gasteiger charge is 2.45. The van der Waals surface area contributed by atoms with E-state index < -0.39 is 10.0 Å². The zero-order chi connectivity index (χ0) is 15.1. The third-order valence-electron chi connectivity index (χ3n) is 4.60. The van der Waals surface area contributed by atoms with Crippen LogP contribution in [-0.4, -0.2) is 49.7 Å². The van der Waals surface area contributed by atoms with Crippen molar-refractivity contribution in [3.8, 4) is 0 Å². The highest BCUT2D eigenvalue weighted by atomic mass is 32.2. The molecule has 0 radical (unpaired) electrons. The van der Waals surface area contributed by atoms with Gasteiger partial charge in [0.15, 0.2) is 0 Å². The molecule has 7 heteroatoms. The van der Waals surface area contributed by atoms with E-state index in [1.165, 1.54) is 11.3 Å². The van der Waals surface area contributed by atoms with Gasteiger partial charge in [-0.1, -0.05) is 6.07 Å². The summed E-state index contributed by atoms with van der Waals surface area (Å²) in [5.74, 6) is 0.0913. The summed E-state index contributed by atoms with van der Waals surface area (Å²) in [6.07, 6.45) is 2.82. The molecule has 0 aliphatic carbocycles. The van der Waals surface area contributed by atoms with Crippen molar-refractivity contribution in [3.05, 3.63) is 17.5 Å². The van der Waals surface area contributed by atoms with Crippen molar-refractivity contribution in [3.63, 3.8) is 0 Å². The first-order valence-corrected chi connectivity index (χ1v) is 9.54. The molecule has 2 saturated heterocycles. The van der Waals surface area contributed by atoms with Gasteiger partial charge in [-0.25, -0.2) is 8.42 Å². The lowest BCUT2D eigenvalue weighted by Gasteiger charge is -2.40. The van der Waals surface area contributed by atoms with Crippen LogP contribution in [0.4, 0.5) is 0 Å². The van der Waals surface area contributed by atoms with Crippen LogP contribution in [0.25, 0.3) is 0 Å². The van der Waals surface area contributed by atoms with E-state index in [1.54, 1.807) is 28.7 Å². The molecule has 1 spiro atoms. The summed E-state index contributed by atoms with van der Waals surface area (Å²) >= 11 is 1.26. The number of hydrogen-bond acceptors (Lipinski definition) is 4. The second kappa shape index (κ2) is 5.37. The summed E-state index contributed by atoms with van der Waals surface area (Å²) in [5, 5.41) is 1.79. The molecule has 21 heavy (non-hydrogen) atoms. The zero-order valence-corrected chi connectivity index (χ0v) is 13.8. The summed E-state index contributed by atoms with van der Waals surface area (Å²) in [6.45, 7) is 4.19. The maximum Gasteiger partial charge on any atom is 0.252 e. The van der Waals surface area contributed by atoms with Gasteiger partial charge in [0.05, 0.1) is 0 Å². The number of likely N-dealkylation sites (tertiary alicyclic amines) is 1. The van der Waals surface area contributed by atoms with Gasteiger partial charge in [0.1, 0.15) is 4.21 Å². The van der Waals surface area contributed by atoms with E-state index in [1.807, 2.05) is 4.90 Å². The summed E-state index contributed by atoms with van der Waals surface area (Å²) in [6, 6.07) is 3.43. The third kappa shape index (κ3) is 2.74. The highest BCUT2D eigenvalue weighted by Crippen LogP contribution is 2.41. The van der Waals surface area contributed by atoms with Crippen LogP contribution in [0, 0.1) is 5.41 Å². The SMILES string of the molecule is CC(=O)N1CCC[C@]2(CCN(S(=O)(=O)c3cccs3)C2)C1. The largest absolute Gasteiger partial charge is 0.342 e. The average molecular weight is 328 g/mol. The van der Waals surface area contributed by atoms with Gasteiger partial charge in [-0.3, -0.25) is 4.79 Å². The maximum absolute atomic E-state index is 12.6. The molecular weight excluding hydrogens is 308 g/mol. The fraction of sp³-hybridized carbons (Fsp3) is 0.643. The van der Waals surface area contributed by atoms with Crippen molar-refractivity contribution >= 4 is 27.3 Å². The molecule has 3 heterocycles. The number of thiophene rings is 1. The van der Waals surface area contributed by atoms with E-state index in [2.05, 4.69) is 0 Å². The van der Waals surface area contributed by atoms with E-state index in [0.29, 0.717) is 23.8 Å². The maximum atomic E-state index is 12.6. The molecule has 3 rings (SSSR count). The van der Waals surface area contributed by atoms with Crippen molar-refractivity contribution in [2.45, 2.75) is 30.4 Å². The quantitative estimate of drug-likeness (QED) is 0.831. The Bertz CT molecular complexity index is 627. The van der Waals surface area contributed by atoms with Crippen LogP contribution in [0.15, 0.2) is 21.7 Å². The minimum Gasteiger partial charge on any atom is -0.342 e. The van der Waals surface area contributed by atoms with Gasteiger partial charge in [-0.15, -0.1) is 11.3 Å². The minimum atomic E-state index is -3.36. The number of piperidine rings is 1. The first kappa shape index (κ1) is 15.0. The fourth-order valence-electron chi connectivity index (χ4n) is 3.45. The van der Waals surface area contributed by atoms with E-state index in [9.17, 15) is 13.2 Å². The Morgan fingerprint density at radius 1 is 1.29 bits per heavy atom. The second-order valence-corrected chi connectivity index (χ2v) is 9.18. The lowest BCUT2D eigenvalue weighted by molar-refractivity contribution is -0.132. The van der Waals surface area contributed by atoms with Crippen LogP contribution in [-0.2, 0) is 14.8 Å². The van der Waals surface area contributed by atoms with Crippen LogP contribution in [0.3, 0.4) is 0 Å². The molecular formula is C14H20N2O3S2. The Morgan fingerprint density at radius 3 is 2.76 bits per heavy atom. The molecule has 1 atom stereocenters. The Labute approximate surface area is 129 Å². The molecule has 1 aromatic rings. The van der Waals surface area contributed by atoms with Gasteiger partial charge in [-0.05, 0) is 30.7 Å². The normalized spacial score (nSPS) is 27.4. The molecule has 1 amide bonds. The molecule has 1 aromatic heterocycles. The third-order valence-corrected chi connectivity index (χ3v) is 7.82. The van der Waals surface area contributed by atoms with E-state index >= 15 is 0 Å². The number of carbonyl (C=O) groups excluding carboxylic acids is 1.